The minimum atomic E-state index is -0.145. The van der Waals surface area contributed by atoms with Crippen LogP contribution in [-0.2, 0) is 19.8 Å². The zero-order valence-electron chi connectivity index (χ0n) is 14.4. The van der Waals surface area contributed by atoms with Gasteiger partial charge in [0, 0.05) is 12.6 Å². The molecule has 0 aliphatic carbocycles. The predicted octanol–water partition coefficient (Wildman–Crippen LogP) is 3.17. The molecule has 0 atom stereocenters. The first-order chi connectivity index (χ1) is 12.2. The van der Waals surface area contributed by atoms with Crippen molar-refractivity contribution in [2.75, 3.05) is 13.7 Å². The highest BCUT2D eigenvalue weighted by atomic mass is 35.5. The van der Waals surface area contributed by atoms with E-state index in [1.807, 2.05) is 16.7 Å². The van der Waals surface area contributed by atoms with Gasteiger partial charge in [0.2, 0.25) is 0 Å². The predicted molar refractivity (Wildman–Crippen MR) is 96.0 cm³/mol. The highest BCUT2D eigenvalue weighted by Gasteiger charge is 2.08. The van der Waals surface area contributed by atoms with Gasteiger partial charge in [-0.2, -0.15) is 0 Å². The van der Waals surface area contributed by atoms with Crippen LogP contribution in [-0.4, -0.2) is 33.5 Å². The Morgan fingerprint density at radius 1 is 1.12 bits per heavy atom. The molecule has 138 valence electrons. The topological polar surface area (TPSA) is 76.7 Å². The molecule has 2 aromatic rings. The van der Waals surface area contributed by atoms with Gasteiger partial charge in [-0.25, -0.2) is 4.98 Å². The molecule has 0 radical (unpaired) electrons. The van der Waals surface area contributed by atoms with E-state index in [4.69, 9.17) is 26.2 Å². The van der Waals surface area contributed by atoms with Gasteiger partial charge >= 0.3 is 0 Å². The van der Waals surface area contributed by atoms with Crippen molar-refractivity contribution in [2.45, 2.75) is 45.4 Å². The summed E-state index contributed by atoms with van der Waals surface area (Å²) >= 11 is 6.13. The molecule has 1 aromatic carbocycles. The fourth-order valence-electron chi connectivity index (χ4n) is 2.60. The Morgan fingerprint density at radius 2 is 1.92 bits per heavy atom. The molecule has 0 saturated heterocycles. The summed E-state index contributed by atoms with van der Waals surface area (Å²) in [5.41, 5.74) is 1.24. The van der Waals surface area contributed by atoms with Crippen molar-refractivity contribution in [3.63, 3.8) is 0 Å². The van der Waals surface area contributed by atoms with Crippen LogP contribution in [0.25, 0.3) is 0 Å². The van der Waals surface area contributed by atoms with Crippen molar-refractivity contribution in [1.82, 2.24) is 9.55 Å². The normalized spacial score (nSPS) is 10.9. The van der Waals surface area contributed by atoms with Gasteiger partial charge in [-0.05, 0) is 25.0 Å². The van der Waals surface area contributed by atoms with Crippen LogP contribution in [0.15, 0.2) is 24.5 Å². The SMILES string of the molecule is COc1ccc(OCCCCCCn2cnc(CO)c2CO)c(Cl)c1. The lowest BCUT2D eigenvalue weighted by Gasteiger charge is -2.10. The van der Waals surface area contributed by atoms with E-state index < -0.39 is 0 Å². The fourth-order valence-corrected chi connectivity index (χ4v) is 2.83. The smallest absolute Gasteiger partial charge is 0.138 e. The second-order valence-corrected chi connectivity index (χ2v) is 6.11. The lowest BCUT2D eigenvalue weighted by molar-refractivity contribution is 0.250. The quantitative estimate of drug-likeness (QED) is 0.596. The van der Waals surface area contributed by atoms with Crippen molar-refractivity contribution in [1.29, 1.82) is 0 Å². The number of aromatic nitrogens is 2. The van der Waals surface area contributed by atoms with E-state index in [-0.39, 0.29) is 13.2 Å². The second-order valence-electron chi connectivity index (χ2n) is 5.71. The Morgan fingerprint density at radius 3 is 2.60 bits per heavy atom. The molecule has 2 N–H and O–H groups in total. The maximum absolute atomic E-state index is 9.35. The van der Waals surface area contributed by atoms with Gasteiger partial charge in [0.05, 0.1) is 49.7 Å². The van der Waals surface area contributed by atoms with Crippen LogP contribution in [0.1, 0.15) is 37.1 Å². The number of aliphatic hydroxyl groups excluding tert-OH is 2. The maximum Gasteiger partial charge on any atom is 0.138 e. The van der Waals surface area contributed by atoms with E-state index >= 15 is 0 Å². The van der Waals surface area contributed by atoms with Crippen molar-refractivity contribution in [3.05, 3.63) is 40.9 Å². The lowest BCUT2D eigenvalue weighted by atomic mass is 10.2. The number of unbranched alkanes of at least 4 members (excludes halogenated alkanes) is 3. The lowest BCUT2D eigenvalue weighted by Crippen LogP contribution is -2.04. The molecule has 0 amide bonds. The number of ether oxygens (including phenoxy) is 2. The van der Waals surface area contributed by atoms with Crippen LogP contribution in [0, 0.1) is 0 Å². The summed E-state index contributed by atoms with van der Waals surface area (Å²) in [5, 5.41) is 19.1. The molecule has 2 rings (SSSR count). The van der Waals surface area contributed by atoms with E-state index in [9.17, 15) is 5.11 Å². The molecule has 0 aliphatic rings. The number of rotatable bonds is 11. The average Bonchev–Trinajstić information content (AvgIpc) is 3.03. The molecule has 0 unspecified atom stereocenters. The Labute approximate surface area is 153 Å². The van der Waals surface area contributed by atoms with Gasteiger partial charge in [-0.1, -0.05) is 24.4 Å². The third-order valence-corrected chi connectivity index (χ3v) is 4.32. The number of aryl methyl sites for hydroxylation is 1. The van der Waals surface area contributed by atoms with Gasteiger partial charge in [0.1, 0.15) is 11.5 Å². The number of aliphatic hydroxyl groups is 2. The summed E-state index contributed by atoms with van der Waals surface area (Å²) in [6.45, 7) is 1.15. The minimum Gasteiger partial charge on any atom is -0.497 e. The largest absolute Gasteiger partial charge is 0.497 e. The third-order valence-electron chi connectivity index (χ3n) is 4.02. The summed E-state index contributed by atoms with van der Waals surface area (Å²) in [6.07, 6.45) is 5.70. The van der Waals surface area contributed by atoms with E-state index in [1.165, 1.54) is 0 Å². The van der Waals surface area contributed by atoms with Crippen molar-refractivity contribution in [2.24, 2.45) is 0 Å². The first-order valence-electron chi connectivity index (χ1n) is 8.40. The molecule has 0 fully saturated rings. The Hall–Kier alpha value is -1.76. The van der Waals surface area contributed by atoms with Gasteiger partial charge in [0.25, 0.3) is 0 Å². The molecular weight excluding hydrogens is 344 g/mol. The Bertz CT molecular complexity index is 661. The van der Waals surface area contributed by atoms with Crippen LogP contribution >= 0.6 is 11.6 Å². The molecule has 6 nitrogen and oxygen atoms in total. The molecule has 7 heteroatoms. The third kappa shape index (κ3) is 5.63. The maximum atomic E-state index is 9.35. The van der Waals surface area contributed by atoms with Gasteiger partial charge in [-0.3, -0.25) is 0 Å². The van der Waals surface area contributed by atoms with E-state index in [1.54, 1.807) is 19.5 Å². The summed E-state index contributed by atoms with van der Waals surface area (Å²) in [7, 11) is 1.60. The molecular formula is C18H25ClN2O4. The standard InChI is InChI=1S/C18H25ClN2O4/c1-24-14-6-7-18(15(19)10-14)25-9-5-3-2-4-8-21-13-20-16(11-22)17(21)12-23/h6-7,10,13,22-23H,2-5,8-9,11-12H2,1H3. The number of halogens is 1. The highest BCUT2D eigenvalue weighted by Crippen LogP contribution is 2.28. The minimum absolute atomic E-state index is 0.105. The summed E-state index contributed by atoms with van der Waals surface area (Å²) in [4.78, 5) is 4.10. The van der Waals surface area contributed by atoms with Crippen LogP contribution in [0.5, 0.6) is 11.5 Å². The highest BCUT2D eigenvalue weighted by molar-refractivity contribution is 6.32. The summed E-state index contributed by atoms with van der Waals surface area (Å²) < 4.78 is 12.7. The number of nitrogens with zero attached hydrogens (tertiary/aromatic N) is 2. The Kier molecular flexibility index (Phi) is 8.04. The van der Waals surface area contributed by atoms with Crippen LogP contribution in [0.4, 0.5) is 0 Å². The number of benzene rings is 1. The zero-order valence-corrected chi connectivity index (χ0v) is 15.2. The first-order valence-corrected chi connectivity index (χ1v) is 8.78. The van der Waals surface area contributed by atoms with Crippen LogP contribution < -0.4 is 9.47 Å². The monoisotopic (exact) mass is 368 g/mol. The van der Waals surface area contributed by atoms with Gasteiger partial charge in [0.15, 0.2) is 0 Å². The molecule has 0 aliphatic heterocycles. The molecule has 25 heavy (non-hydrogen) atoms. The number of hydrogen-bond donors (Lipinski definition) is 2. The van der Waals surface area contributed by atoms with E-state index in [0.29, 0.717) is 34.5 Å². The van der Waals surface area contributed by atoms with Crippen LogP contribution in [0.2, 0.25) is 5.02 Å². The van der Waals surface area contributed by atoms with Crippen LogP contribution in [0.3, 0.4) is 0 Å². The zero-order chi connectivity index (χ0) is 18.1. The van der Waals surface area contributed by atoms with E-state index in [0.717, 1.165) is 32.2 Å². The average molecular weight is 369 g/mol. The van der Waals surface area contributed by atoms with Gasteiger partial charge < -0.3 is 24.3 Å². The molecule has 0 spiro atoms. The van der Waals surface area contributed by atoms with Gasteiger partial charge in [-0.15, -0.1) is 0 Å². The molecule has 0 bridgehead atoms. The summed E-state index contributed by atoms with van der Waals surface area (Å²) in [5.74, 6) is 1.38. The summed E-state index contributed by atoms with van der Waals surface area (Å²) in [6, 6.07) is 5.38. The second kappa shape index (κ2) is 10.3. The molecule has 1 heterocycles. The van der Waals surface area contributed by atoms with Crippen molar-refractivity contribution in [3.8, 4) is 11.5 Å². The number of hydrogen-bond acceptors (Lipinski definition) is 5. The molecule has 1 aromatic heterocycles. The number of imidazole rings is 1. The Balaban J connectivity index is 1.63. The first kappa shape index (κ1) is 19.6. The fraction of sp³-hybridized carbons (Fsp3) is 0.500. The molecule has 0 saturated carbocycles. The van der Waals surface area contributed by atoms with E-state index in [2.05, 4.69) is 4.98 Å². The van der Waals surface area contributed by atoms with Crippen molar-refractivity contribution >= 4 is 11.6 Å². The van der Waals surface area contributed by atoms with Crippen molar-refractivity contribution < 1.29 is 19.7 Å². The number of methoxy groups -OCH3 is 1.